The molecule has 0 aliphatic carbocycles. The molecule has 230 valence electrons. The zero-order valence-corrected chi connectivity index (χ0v) is 26.5. The number of hydrogen-bond acceptors (Lipinski definition) is 9. The van der Waals surface area contributed by atoms with E-state index in [0.717, 1.165) is 28.0 Å². The molecule has 4 rings (SSSR count). The van der Waals surface area contributed by atoms with Crippen LogP contribution in [0, 0.1) is 3.95 Å². The number of ether oxygens (including phenoxy) is 2. The average Bonchev–Trinajstić information content (AvgIpc) is 3.45. The van der Waals surface area contributed by atoms with Crippen LogP contribution in [0.25, 0.3) is 0 Å². The Morgan fingerprint density at radius 3 is 2.07 bits per heavy atom. The van der Waals surface area contributed by atoms with Crippen LogP contribution in [0.2, 0.25) is 0 Å². The lowest BCUT2D eigenvalue weighted by Gasteiger charge is -2.41. The molecule has 0 fully saturated rings. The second-order valence-corrected chi connectivity index (χ2v) is 12.8. The smallest absolute Gasteiger partial charge is 0.408 e. The number of alkyl carbamates (subject to hydrolysis) is 1. The third-order valence-electron chi connectivity index (χ3n) is 6.97. The van der Waals surface area contributed by atoms with Crippen LogP contribution in [0.4, 0.5) is 9.93 Å². The molecule has 0 aliphatic rings. The van der Waals surface area contributed by atoms with Crippen LogP contribution in [0.5, 0.6) is 5.75 Å². The van der Waals surface area contributed by atoms with Crippen molar-refractivity contribution in [1.82, 2.24) is 20.0 Å². The highest BCUT2D eigenvalue weighted by atomic mass is 32.1. The maximum absolute atomic E-state index is 14.3. The number of imide groups is 1. The number of carbonyl (C=O) groups excluding carboxylic acids is 3. The van der Waals surface area contributed by atoms with E-state index in [1.54, 1.807) is 20.8 Å². The molecule has 0 spiro atoms. The molecule has 1 heterocycles. The highest BCUT2D eigenvalue weighted by Crippen LogP contribution is 2.37. The number of nitrogens with two attached hydrogens (primary N) is 1. The van der Waals surface area contributed by atoms with E-state index in [0.29, 0.717) is 16.3 Å². The summed E-state index contributed by atoms with van der Waals surface area (Å²) in [6.07, 6.45) is -0.640. The monoisotopic (exact) mass is 634 g/mol. The second kappa shape index (κ2) is 14.5. The minimum absolute atomic E-state index is 0.0285. The van der Waals surface area contributed by atoms with Crippen molar-refractivity contribution in [3.05, 3.63) is 106 Å². The molecule has 10 nitrogen and oxygen atoms in total. The number of hydrogen-bond donors (Lipinski definition) is 3. The minimum Gasteiger partial charge on any atom is -0.489 e. The van der Waals surface area contributed by atoms with E-state index in [-0.39, 0.29) is 18.2 Å². The number of nitrogens with zero attached hydrogens (tertiary/aromatic N) is 2. The van der Waals surface area contributed by atoms with Gasteiger partial charge in [-0.3, -0.25) is 5.10 Å². The van der Waals surface area contributed by atoms with Crippen LogP contribution < -0.4 is 20.3 Å². The summed E-state index contributed by atoms with van der Waals surface area (Å²) >= 11 is 6.27. The maximum atomic E-state index is 14.3. The molecule has 44 heavy (non-hydrogen) atoms. The maximum Gasteiger partial charge on any atom is 0.408 e. The highest BCUT2D eigenvalue weighted by molar-refractivity contribution is 7.73. The number of amides is 3. The molecule has 0 saturated carbocycles. The van der Waals surface area contributed by atoms with E-state index in [4.69, 9.17) is 27.4 Å². The highest BCUT2D eigenvalue weighted by Gasteiger charge is 2.59. The third-order valence-corrected chi connectivity index (χ3v) is 8.13. The molecule has 1 aromatic heterocycles. The molecule has 0 bridgehead atoms. The topological polar surface area (TPSA) is 136 Å². The zero-order chi connectivity index (χ0) is 31.7. The SMILES string of the molecule is CC(C)(C)[N+](C(=O)CNC(=O)OCc1ccccc1)(C(=O)[C@@H](N)Cc1ccc(OCc2ccccc2)cc1)c1n[nH]c(=S)s1. The molecule has 3 aromatic carbocycles. The first-order valence-corrected chi connectivity index (χ1v) is 15.2. The van der Waals surface area contributed by atoms with Gasteiger partial charge in [-0.15, -0.1) is 9.58 Å². The predicted molar refractivity (Wildman–Crippen MR) is 172 cm³/mol. The van der Waals surface area contributed by atoms with Crippen LogP contribution in [-0.4, -0.2) is 46.2 Å². The van der Waals surface area contributed by atoms with Crippen LogP contribution in [-0.2, 0) is 34.0 Å². The summed E-state index contributed by atoms with van der Waals surface area (Å²) in [7, 11) is 0. The lowest BCUT2D eigenvalue weighted by atomic mass is 9.96. The summed E-state index contributed by atoms with van der Waals surface area (Å²) in [6.45, 7) is 5.19. The van der Waals surface area contributed by atoms with Gasteiger partial charge in [-0.2, -0.15) is 0 Å². The molecule has 1 unspecified atom stereocenters. The molecule has 4 N–H and O–H groups in total. The van der Waals surface area contributed by atoms with Gasteiger partial charge in [0.05, 0.1) is 0 Å². The van der Waals surface area contributed by atoms with E-state index >= 15 is 0 Å². The Morgan fingerprint density at radius 1 is 0.932 bits per heavy atom. The minimum atomic E-state index is -1.09. The first-order chi connectivity index (χ1) is 21.0. The Hall–Kier alpha value is -4.23. The molecule has 3 amide bonds. The van der Waals surface area contributed by atoms with Gasteiger partial charge in [0.2, 0.25) is 0 Å². The summed E-state index contributed by atoms with van der Waals surface area (Å²) in [5.74, 6) is -0.532. The van der Waals surface area contributed by atoms with Crippen LogP contribution in [0.3, 0.4) is 0 Å². The second-order valence-electron chi connectivity index (χ2n) is 11.1. The fraction of sp³-hybridized carbons (Fsp3) is 0.281. The molecule has 0 radical (unpaired) electrons. The van der Waals surface area contributed by atoms with Crippen molar-refractivity contribution in [3.8, 4) is 5.75 Å². The number of nitrogens with one attached hydrogen (secondary N) is 2. The number of rotatable bonds is 11. The quantitative estimate of drug-likeness (QED) is 0.147. The number of benzene rings is 3. The Bertz CT molecular complexity index is 1620. The number of aromatic nitrogens is 2. The molecule has 12 heteroatoms. The van der Waals surface area contributed by atoms with E-state index < -0.39 is 40.5 Å². The molecule has 2 atom stereocenters. The number of aromatic amines is 1. The Morgan fingerprint density at radius 2 is 1.52 bits per heavy atom. The van der Waals surface area contributed by atoms with Crippen LogP contribution in [0.1, 0.15) is 37.5 Å². The number of carbonyl (C=O) groups is 3. The lowest BCUT2D eigenvalue weighted by Crippen LogP contribution is -2.73. The van der Waals surface area contributed by atoms with Gasteiger partial charge in [0.15, 0.2) is 3.95 Å². The van der Waals surface area contributed by atoms with Gasteiger partial charge < -0.3 is 20.5 Å². The van der Waals surface area contributed by atoms with Gasteiger partial charge in [-0.05, 0) is 73.1 Å². The lowest BCUT2D eigenvalue weighted by molar-refractivity contribution is -0.149. The van der Waals surface area contributed by atoms with Crippen molar-refractivity contribution in [2.45, 2.75) is 52.0 Å². The third kappa shape index (κ3) is 7.83. The Kier molecular flexibility index (Phi) is 10.8. The average molecular weight is 635 g/mol. The van der Waals surface area contributed by atoms with Gasteiger partial charge in [-0.1, -0.05) is 72.8 Å². The normalized spacial score (nSPS) is 13.4. The number of H-pyrrole nitrogens is 1. The summed E-state index contributed by atoms with van der Waals surface area (Å²) in [5, 5.41) is 9.55. The first-order valence-electron chi connectivity index (χ1n) is 14.0. The van der Waals surface area contributed by atoms with E-state index in [9.17, 15) is 14.4 Å². The zero-order valence-electron chi connectivity index (χ0n) is 24.8. The molecule has 0 saturated heterocycles. The van der Waals surface area contributed by atoms with E-state index in [1.807, 2.05) is 84.9 Å². The fourth-order valence-corrected chi connectivity index (χ4v) is 5.99. The summed E-state index contributed by atoms with van der Waals surface area (Å²) in [4.78, 5) is 40.9. The summed E-state index contributed by atoms with van der Waals surface area (Å²) in [5.41, 5.74) is 8.12. The van der Waals surface area contributed by atoms with Gasteiger partial charge >= 0.3 is 23.0 Å². The van der Waals surface area contributed by atoms with E-state index in [2.05, 4.69) is 15.5 Å². The fourth-order valence-electron chi connectivity index (χ4n) is 4.77. The standard InChI is InChI=1S/C32H35N5O5S2/c1-32(2,3)37(29-35-36-31(43)44-29,27(38)19-34-30(40)42-21-24-12-8-5-9-13-24)28(39)26(33)18-22-14-16-25(17-15-22)41-20-23-10-6-4-7-11-23/h4-17,26H,18-21,33H2,1-3H3,(H-,34,36,40,43)/p+1/t26-,37?/m0/s1. The van der Waals surface area contributed by atoms with Gasteiger partial charge in [-0.25, -0.2) is 14.4 Å². The molecule has 4 aromatic rings. The van der Waals surface area contributed by atoms with Gasteiger partial charge in [0, 0.05) is 6.42 Å². The molecular weight excluding hydrogens is 599 g/mol. The molecule has 0 aliphatic heterocycles. The van der Waals surface area contributed by atoms with Crippen LogP contribution in [0.15, 0.2) is 84.9 Å². The van der Waals surface area contributed by atoms with Crippen molar-refractivity contribution < 1.29 is 23.9 Å². The van der Waals surface area contributed by atoms with Gasteiger partial charge in [0.25, 0.3) is 0 Å². The van der Waals surface area contributed by atoms with Crippen LogP contribution >= 0.6 is 23.6 Å². The van der Waals surface area contributed by atoms with Crippen molar-refractivity contribution in [2.75, 3.05) is 6.54 Å². The van der Waals surface area contributed by atoms with Crippen molar-refractivity contribution in [2.24, 2.45) is 5.73 Å². The predicted octanol–water partition coefficient (Wildman–Crippen LogP) is 5.44. The first kappa shape index (κ1) is 32.7. The Balaban J connectivity index is 1.50. The van der Waals surface area contributed by atoms with Crippen molar-refractivity contribution in [1.29, 1.82) is 0 Å². The largest absolute Gasteiger partial charge is 0.489 e. The van der Waals surface area contributed by atoms with Crippen molar-refractivity contribution >= 4 is 46.6 Å². The summed E-state index contributed by atoms with van der Waals surface area (Å²) in [6, 6.07) is 25.2. The van der Waals surface area contributed by atoms with E-state index in [1.165, 1.54) is 0 Å². The Labute approximate surface area is 265 Å². The van der Waals surface area contributed by atoms with Gasteiger partial charge in [0.1, 0.15) is 37.1 Å². The molecular formula is C32H36N5O5S2+. The number of quaternary nitrogens is 1. The van der Waals surface area contributed by atoms with Crippen molar-refractivity contribution in [3.63, 3.8) is 0 Å². The summed E-state index contributed by atoms with van der Waals surface area (Å²) < 4.78 is 10.6.